The van der Waals surface area contributed by atoms with Gasteiger partial charge in [0.1, 0.15) is 0 Å². The molecule has 1 aromatic rings. The zero-order chi connectivity index (χ0) is 16.8. The number of H-pyrrole nitrogens is 1. The minimum absolute atomic E-state index is 0. The summed E-state index contributed by atoms with van der Waals surface area (Å²) in [5.41, 5.74) is 4.63. The second-order valence-corrected chi connectivity index (χ2v) is 6.65. The largest absolute Gasteiger partial charge is 0.374 e. The molecular weight excluding hydrogens is 486 g/mol. The van der Waals surface area contributed by atoms with Gasteiger partial charge in [-0.25, -0.2) is 9.98 Å². The number of hydrogen-bond acceptors (Lipinski definition) is 4. The molecule has 0 amide bonds. The van der Waals surface area contributed by atoms with E-state index in [9.17, 15) is 0 Å². The van der Waals surface area contributed by atoms with Crippen molar-refractivity contribution < 1.29 is 39.9 Å². The van der Waals surface area contributed by atoms with Crippen LogP contribution in [0.15, 0.2) is 81.7 Å². The zero-order valence-corrected chi connectivity index (χ0v) is 16.7. The fourth-order valence-electron chi connectivity index (χ4n) is 3.11. The van der Waals surface area contributed by atoms with Crippen LogP contribution in [-0.2, 0) is 0 Å². The molecular formula is C20H14GdN4S. The molecule has 4 aliphatic heterocycles. The fourth-order valence-corrected chi connectivity index (χ4v) is 3.37. The second kappa shape index (κ2) is 7.12. The first-order valence-corrected chi connectivity index (χ1v) is 8.50. The number of aromatic nitrogens is 1. The molecule has 0 saturated carbocycles. The van der Waals surface area contributed by atoms with Gasteiger partial charge in [-0.2, -0.15) is 0 Å². The van der Waals surface area contributed by atoms with E-state index in [2.05, 4.69) is 32.4 Å². The molecule has 4 aliphatic rings. The van der Waals surface area contributed by atoms with E-state index in [0.717, 1.165) is 44.1 Å². The van der Waals surface area contributed by atoms with Crippen LogP contribution in [0, 0.1) is 39.9 Å². The van der Waals surface area contributed by atoms with Gasteiger partial charge in [-0.05, 0) is 66.8 Å². The Bertz CT molecular complexity index is 1140. The normalized spacial score (nSPS) is 22.2. The first kappa shape index (κ1) is 17.7. The van der Waals surface area contributed by atoms with Crippen molar-refractivity contribution in [3.05, 3.63) is 82.5 Å². The summed E-state index contributed by atoms with van der Waals surface area (Å²) >= 11 is 5.50. The third-order valence-electron chi connectivity index (χ3n) is 4.27. The van der Waals surface area contributed by atoms with Crippen molar-refractivity contribution in [2.45, 2.75) is 6.04 Å². The van der Waals surface area contributed by atoms with E-state index in [0.29, 0.717) is 0 Å². The predicted molar refractivity (Wildman–Crippen MR) is 106 cm³/mol. The summed E-state index contributed by atoms with van der Waals surface area (Å²) in [6.07, 6.45) is 18.1. The van der Waals surface area contributed by atoms with E-state index in [-0.39, 0.29) is 46.0 Å². The summed E-state index contributed by atoms with van der Waals surface area (Å²) in [4.78, 5) is 13.5. The van der Waals surface area contributed by atoms with Crippen molar-refractivity contribution in [2.24, 2.45) is 9.98 Å². The first-order valence-electron chi connectivity index (χ1n) is 8.09. The van der Waals surface area contributed by atoms with E-state index in [1.165, 1.54) is 0 Å². The van der Waals surface area contributed by atoms with Crippen LogP contribution in [0.4, 0.5) is 0 Å². The van der Waals surface area contributed by atoms with E-state index < -0.39 is 0 Å². The molecule has 6 heteroatoms. The van der Waals surface area contributed by atoms with Gasteiger partial charge in [0, 0.05) is 61.2 Å². The van der Waals surface area contributed by atoms with Gasteiger partial charge < -0.3 is 10.3 Å². The number of allylic oxidation sites excluding steroid dienone is 6. The molecule has 4 nitrogen and oxygen atoms in total. The number of fused-ring (bicyclic) bond motifs is 6. The molecule has 1 unspecified atom stereocenters. The number of nitrogens with one attached hydrogen (secondary N) is 2. The molecule has 8 bridgehead atoms. The Hall–Kier alpha value is -1.73. The molecule has 1 aromatic heterocycles. The molecule has 0 spiro atoms. The number of hydrogen-bond donors (Lipinski definition) is 2. The van der Waals surface area contributed by atoms with Crippen LogP contribution in [0.2, 0.25) is 0 Å². The Morgan fingerprint density at radius 3 is 2.35 bits per heavy atom. The van der Waals surface area contributed by atoms with Crippen LogP contribution in [0.1, 0.15) is 0 Å². The zero-order valence-electron chi connectivity index (χ0n) is 13.6. The molecule has 26 heavy (non-hydrogen) atoms. The van der Waals surface area contributed by atoms with Crippen LogP contribution >= 0.6 is 12.2 Å². The van der Waals surface area contributed by atoms with E-state index >= 15 is 0 Å². The first-order chi connectivity index (χ1) is 12.2. The van der Waals surface area contributed by atoms with Crippen LogP contribution in [-0.4, -0.2) is 27.3 Å². The molecule has 5 heterocycles. The summed E-state index contributed by atoms with van der Waals surface area (Å²) in [5, 5.41) is 5.47. The molecule has 0 aliphatic carbocycles. The standard InChI is InChI=1S/C20H14N4S.Gd/c25-20-11-18-9-16-4-3-14(22-16)7-12-1-2-13(21-12)8-15-5-6-17(23-15)10-19(20)24-18;/h1-11,19,22,24H;. The SMILES string of the molecule is S=C1C=C2C=c3ccc([nH]3)=CC3=NC(=CC4=NC(=CC1N2)C=C4)C=C3.[Gd]. The number of rotatable bonds is 0. The monoisotopic (exact) mass is 500 g/mol. The molecule has 128 valence electrons. The van der Waals surface area contributed by atoms with Crippen molar-refractivity contribution in [3.63, 3.8) is 0 Å². The molecule has 0 aromatic carbocycles. The number of nitrogens with zero attached hydrogens (tertiary/aromatic N) is 2. The van der Waals surface area contributed by atoms with Crippen molar-refractivity contribution in [1.82, 2.24) is 10.3 Å². The summed E-state index contributed by atoms with van der Waals surface area (Å²) < 4.78 is 0. The quantitative estimate of drug-likeness (QED) is 0.533. The molecule has 0 radical (unpaired) electrons. The van der Waals surface area contributed by atoms with Gasteiger partial charge in [0.25, 0.3) is 0 Å². The topological polar surface area (TPSA) is 52.5 Å². The van der Waals surface area contributed by atoms with E-state index in [1.54, 1.807) is 0 Å². The fraction of sp³-hybridized carbons (Fsp3) is 0.0500. The van der Waals surface area contributed by atoms with Crippen molar-refractivity contribution >= 4 is 40.7 Å². The van der Waals surface area contributed by atoms with Gasteiger partial charge in [-0.3, -0.25) is 0 Å². The van der Waals surface area contributed by atoms with Gasteiger partial charge in [-0.1, -0.05) is 12.2 Å². The Morgan fingerprint density at radius 2 is 1.50 bits per heavy atom. The van der Waals surface area contributed by atoms with Gasteiger partial charge in [0.05, 0.1) is 28.9 Å². The minimum Gasteiger partial charge on any atom is -0.374 e. The van der Waals surface area contributed by atoms with Crippen LogP contribution in [0.5, 0.6) is 0 Å². The third kappa shape index (κ3) is 3.55. The average molecular weight is 500 g/mol. The summed E-state index contributed by atoms with van der Waals surface area (Å²) in [6, 6.07) is 4.08. The van der Waals surface area contributed by atoms with Gasteiger partial charge in [-0.15, -0.1) is 0 Å². The van der Waals surface area contributed by atoms with E-state index in [4.69, 9.17) is 12.2 Å². The van der Waals surface area contributed by atoms with Crippen molar-refractivity contribution in [1.29, 1.82) is 0 Å². The van der Waals surface area contributed by atoms with Gasteiger partial charge >= 0.3 is 0 Å². The molecule has 2 N–H and O–H groups in total. The maximum absolute atomic E-state index is 5.50. The molecule has 5 rings (SSSR count). The van der Waals surface area contributed by atoms with Gasteiger partial charge in [0.15, 0.2) is 0 Å². The number of aliphatic imine (C=N–C) groups is 2. The van der Waals surface area contributed by atoms with Crippen LogP contribution in [0.3, 0.4) is 0 Å². The summed E-state index contributed by atoms with van der Waals surface area (Å²) in [7, 11) is 0. The smallest absolute Gasteiger partial charge is 0.0823 e. The third-order valence-corrected chi connectivity index (χ3v) is 4.64. The molecule has 0 fully saturated rings. The minimum atomic E-state index is -0.0125. The van der Waals surface area contributed by atoms with Crippen LogP contribution < -0.4 is 16.0 Å². The second-order valence-electron chi connectivity index (χ2n) is 6.18. The molecule has 0 saturated heterocycles. The average Bonchev–Trinajstić information content (AvgIpc) is 3.33. The van der Waals surface area contributed by atoms with Crippen molar-refractivity contribution in [3.8, 4) is 0 Å². The summed E-state index contributed by atoms with van der Waals surface area (Å²) in [6.45, 7) is 0. The molecule has 1 atom stereocenters. The predicted octanol–water partition coefficient (Wildman–Crippen LogP) is 1.60. The van der Waals surface area contributed by atoms with Crippen molar-refractivity contribution in [2.75, 3.05) is 0 Å². The Kier molecular flexibility index (Phi) is 4.84. The van der Waals surface area contributed by atoms with Crippen LogP contribution in [0.25, 0.3) is 12.2 Å². The summed E-state index contributed by atoms with van der Waals surface area (Å²) in [5.74, 6) is 0. The van der Waals surface area contributed by atoms with E-state index in [1.807, 2.05) is 54.7 Å². The number of aromatic amines is 1. The maximum Gasteiger partial charge on any atom is 0.0823 e. The maximum atomic E-state index is 5.50. The van der Waals surface area contributed by atoms with Gasteiger partial charge in [0.2, 0.25) is 0 Å². The Labute approximate surface area is 188 Å². The Balaban J connectivity index is 0.00000168. The number of thiocarbonyl (C=S) groups is 1. The Morgan fingerprint density at radius 1 is 0.808 bits per heavy atom.